The minimum absolute atomic E-state index is 0. The van der Waals surface area contributed by atoms with Gasteiger partial charge in [-0.05, 0) is 0 Å². The Hall–Kier alpha value is 19.8. The molecule has 0 unspecified atom stereocenters. The maximum atomic E-state index is 0. The Morgan fingerprint density at radius 1 is 0.0769 bits per heavy atom. The minimum atomic E-state index is 0. The third-order valence-electron chi connectivity index (χ3n) is 0. The largest absolute Gasteiger partial charge is 0 e. The standard InChI is InChI=1S/13Yb. The topological polar surface area (TPSA) is 0 Å². The fourth-order valence-electron chi connectivity index (χ4n) is 0. The average molecular weight is 2250 g/mol. The Morgan fingerprint density at radius 3 is 0.0769 bits per heavy atom. The second-order valence-electron chi connectivity index (χ2n) is 0. The molecule has 0 bridgehead atoms. The van der Waals surface area contributed by atoms with Crippen LogP contribution >= 0.6 is 0 Å². The van der Waals surface area contributed by atoms with E-state index in [4.69, 9.17) is 0 Å². The predicted octanol–water partition coefficient (Wildman–Crippen LogP) is 0. The third-order valence-corrected chi connectivity index (χ3v) is 0. The summed E-state index contributed by atoms with van der Waals surface area (Å²) < 4.78 is 0. The van der Waals surface area contributed by atoms with Crippen LogP contribution in [0.4, 0.5) is 0 Å². The Morgan fingerprint density at radius 2 is 0.0769 bits per heavy atom. The maximum absolute atomic E-state index is 0. The van der Waals surface area contributed by atoms with Crippen molar-refractivity contribution in [3.8, 4) is 0 Å². The van der Waals surface area contributed by atoms with Gasteiger partial charge in [-0.2, -0.15) is 0 Å². The average Bonchev–Trinajstić information content (AvgIpc) is 0. The van der Waals surface area contributed by atoms with E-state index in [0.29, 0.717) is 0 Å². The van der Waals surface area contributed by atoms with Gasteiger partial charge in [-0.1, -0.05) is 0 Å². The van der Waals surface area contributed by atoms with Gasteiger partial charge < -0.3 is 0 Å². The summed E-state index contributed by atoms with van der Waals surface area (Å²) in [5, 5.41) is 0. The summed E-state index contributed by atoms with van der Waals surface area (Å²) in [6.07, 6.45) is 0. The molecule has 13 heavy (non-hydrogen) atoms. The summed E-state index contributed by atoms with van der Waals surface area (Å²) >= 11 is 0. The quantitative estimate of drug-likeness (QED) is 0.321. The van der Waals surface area contributed by atoms with Crippen molar-refractivity contribution >= 4 is 0 Å². The van der Waals surface area contributed by atoms with E-state index in [9.17, 15) is 0 Å². The maximum Gasteiger partial charge on any atom is 0 e. The first-order valence-corrected chi connectivity index (χ1v) is 0. The summed E-state index contributed by atoms with van der Waals surface area (Å²) in [6, 6.07) is 0. The van der Waals surface area contributed by atoms with Crippen LogP contribution in [0.25, 0.3) is 0 Å². The molecular formula is Yb13. The van der Waals surface area contributed by atoms with E-state index in [1.165, 1.54) is 0 Å². The molecule has 0 aromatic rings. The van der Waals surface area contributed by atoms with Crippen LogP contribution in [0.15, 0.2) is 0 Å². The fraction of sp³-hybridized carbons (Fsp3) is 0. The van der Waals surface area contributed by atoms with Gasteiger partial charge in [-0.25, -0.2) is 0 Å². The van der Waals surface area contributed by atoms with Crippen molar-refractivity contribution in [1.29, 1.82) is 0 Å². The van der Waals surface area contributed by atoms with Gasteiger partial charge in [-0.15, -0.1) is 0 Å². The first-order chi connectivity index (χ1) is 0. The molecule has 0 spiro atoms. The number of hydrogen-bond donors (Lipinski definition) is 0. The van der Waals surface area contributed by atoms with E-state index < -0.39 is 0 Å². The van der Waals surface area contributed by atoms with Gasteiger partial charge >= 0.3 is 0 Å². The molecule has 0 radical (unpaired) electrons. The molecule has 0 saturated carbocycles. The van der Waals surface area contributed by atoms with Crippen molar-refractivity contribution in [3.05, 3.63) is 0 Å². The molecule has 0 aliphatic carbocycles. The van der Waals surface area contributed by atoms with Crippen molar-refractivity contribution in [2.24, 2.45) is 0 Å². The predicted molar refractivity (Wildman–Crippen MR) is 0 cm³/mol. The Bertz CT molecular complexity index is 0. The molecule has 0 N–H and O–H groups in total. The van der Waals surface area contributed by atoms with Crippen LogP contribution in [0.2, 0.25) is 0 Å². The first kappa shape index (κ1) is 84.6. The van der Waals surface area contributed by atoms with Gasteiger partial charge in [0.05, 0.1) is 0 Å². The molecule has 0 saturated heterocycles. The van der Waals surface area contributed by atoms with Gasteiger partial charge in [0.15, 0.2) is 0 Å². The third kappa shape index (κ3) is 72.0. The zero-order valence-corrected chi connectivity index (χ0v) is 25.8. The second kappa shape index (κ2) is 77.0. The van der Waals surface area contributed by atoms with Crippen molar-refractivity contribution in [2.75, 3.05) is 0 Å². The van der Waals surface area contributed by atoms with Crippen LogP contribution in [0.3, 0.4) is 0 Å². The molecule has 0 aromatic carbocycles. The van der Waals surface area contributed by atoms with E-state index >= 15 is 0 Å². The van der Waals surface area contributed by atoms with Crippen LogP contribution in [-0.2, 0) is 0 Å². The summed E-state index contributed by atoms with van der Waals surface area (Å²) in [5.74, 6) is 0. The number of hydrogen-bond acceptors (Lipinski definition) is 0. The van der Waals surface area contributed by atoms with Crippen LogP contribution < -0.4 is 0 Å². The Labute approximate surface area is 583 Å². The zero-order valence-electron chi connectivity index (χ0n) is 3.47. The molecule has 0 aliphatic heterocycles. The molecule has 13 heteroatoms. The van der Waals surface area contributed by atoms with Crippen LogP contribution in [0.1, 0.15) is 0 Å². The summed E-state index contributed by atoms with van der Waals surface area (Å²) in [6.45, 7) is 0. The van der Waals surface area contributed by atoms with E-state index in [0.717, 1.165) is 0 Å². The monoisotopic (exact) mass is 2260 g/mol. The van der Waals surface area contributed by atoms with Gasteiger partial charge in [0.1, 0.15) is 0 Å². The molecule has 182 valence electrons. The SMILES string of the molecule is [Yb].[Yb].[Yb].[Yb].[Yb].[Yb].[Yb].[Yb].[Yb].[Yb].[Yb].[Yb].[Yb]. The molecule has 0 atom stereocenters. The molecule has 0 rings (SSSR count). The van der Waals surface area contributed by atoms with Gasteiger partial charge in [-0.3, -0.25) is 0 Å². The number of rotatable bonds is 0. The molecule has 0 nitrogen and oxygen atoms in total. The second-order valence-corrected chi connectivity index (χ2v) is 0. The van der Waals surface area contributed by atoms with Crippen molar-refractivity contribution in [1.82, 2.24) is 0 Å². The molecular weight excluding hydrogens is 2250 g/mol. The van der Waals surface area contributed by atoms with Crippen LogP contribution in [0.5, 0.6) is 0 Å². The Balaban J connectivity index is 0. The normalized spacial score (nSPS) is 0. The summed E-state index contributed by atoms with van der Waals surface area (Å²) in [5.41, 5.74) is 0. The van der Waals surface area contributed by atoms with Crippen molar-refractivity contribution < 1.29 is 610 Å². The fourth-order valence-corrected chi connectivity index (χ4v) is 0. The summed E-state index contributed by atoms with van der Waals surface area (Å²) in [7, 11) is 0. The van der Waals surface area contributed by atoms with Gasteiger partial charge in [0.25, 0.3) is 0 Å². The molecule has 0 fully saturated rings. The first-order valence-electron chi connectivity index (χ1n) is 0. The molecule has 0 amide bonds. The van der Waals surface area contributed by atoms with E-state index in [2.05, 4.69) is 0 Å². The summed E-state index contributed by atoms with van der Waals surface area (Å²) in [4.78, 5) is 0. The molecule has 0 aliphatic rings. The van der Waals surface area contributed by atoms with E-state index in [-0.39, 0.29) is 610 Å². The molecule has 0 heterocycles. The minimum Gasteiger partial charge on any atom is 0 e. The van der Waals surface area contributed by atoms with Crippen molar-refractivity contribution in [2.45, 2.75) is 0 Å². The van der Waals surface area contributed by atoms with E-state index in [1.54, 1.807) is 0 Å². The zero-order chi connectivity index (χ0) is 0. The Kier molecular flexibility index (Phi) is 501. The van der Waals surface area contributed by atoms with Gasteiger partial charge in [0, 0.05) is 610 Å². The van der Waals surface area contributed by atoms with Crippen LogP contribution in [0, 0.1) is 610 Å². The van der Waals surface area contributed by atoms with Crippen molar-refractivity contribution in [3.63, 3.8) is 0 Å². The van der Waals surface area contributed by atoms with Gasteiger partial charge in [0.2, 0.25) is 0 Å². The van der Waals surface area contributed by atoms with E-state index in [1.807, 2.05) is 0 Å². The molecule has 0 aromatic heterocycles. The smallest absolute Gasteiger partial charge is 0 e. The van der Waals surface area contributed by atoms with Crippen LogP contribution in [-0.4, -0.2) is 0 Å².